The van der Waals surface area contributed by atoms with E-state index in [4.69, 9.17) is 6.42 Å². The minimum absolute atomic E-state index is 0.0893. The van der Waals surface area contributed by atoms with Crippen LogP contribution in [0.2, 0.25) is 0 Å². The van der Waals surface area contributed by atoms with Crippen LogP contribution in [0.1, 0.15) is 65.2 Å². The van der Waals surface area contributed by atoms with Crippen LogP contribution >= 0.6 is 0 Å². The zero-order valence-corrected chi connectivity index (χ0v) is 14.4. The molecule has 0 aromatic carbocycles. The molecule has 4 saturated carbocycles. The van der Waals surface area contributed by atoms with Gasteiger partial charge in [0.05, 0.1) is 0 Å². The van der Waals surface area contributed by atoms with Gasteiger partial charge in [-0.2, -0.15) is 0 Å². The Balaban J connectivity index is 1.72. The molecule has 0 bridgehead atoms. The molecule has 2 heteroatoms. The third-order valence-corrected chi connectivity index (χ3v) is 8.46. The smallest absolute Gasteiger partial charge is 0.139 e. The molecule has 0 saturated heterocycles. The Morgan fingerprint density at radius 3 is 2.57 bits per heavy atom. The maximum Gasteiger partial charge on any atom is 0.139 e. The molecule has 0 spiro atoms. The highest BCUT2D eigenvalue weighted by molar-refractivity contribution is 5.87. The second-order valence-electron chi connectivity index (χ2n) is 9.16. The molecule has 0 N–H and O–H groups in total. The second kappa shape index (κ2) is 4.95. The lowest BCUT2D eigenvalue weighted by Gasteiger charge is -2.60. The number of Topliss-reactive ketones (excluding diaryl/α,β-unsaturated/α-hetero) is 2. The van der Waals surface area contributed by atoms with Crippen molar-refractivity contribution in [3.63, 3.8) is 0 Å². The highest BCUT2D eigenvalue weighted by Crippen LogP contribution is 2.66. The number of ketones is 2. The van der Waals surface area contributed by atoms with E-state index in [1.807, 2.05) is 0 Å². The Morgan fingerprint density at radius 1 is 1.04 bits per heavy atom. The van der Waals surface area contributed by atoms with Crippen LogP contribution in [-0.4, -0.2) is 11.6 Å². The number of hydrogen-bond acceptors (Lipinski definition) is 2. The first-order valence-electron chi connectivity index (χ1n) is 9.41. The SMILES string of the molecule is C#CC1C[C@@H]2[C@@H](CC[C@]3(C)C(=O)CC[C@@H]23)[C@@]2(C)CCC(=O)CC12. The normalized spacial score (nSPS) is 52.3. The van der Waals surface area contributed by atoms with Gasteiger partial charge in [0, 0.05) is 30.6 Å². The average molecular weight is 312 g/mol. The molecule has 4 aliphatic rings. The van der Waals surface area contributed by atoms with E-state index in [0.717, 1.165) is 44.9 Å². The Kier molecular flexibility index (Phi) is 3.32. The van der Waals surface area contributed by atoms with Gasteiger partial charge in [0.15, 0.2) is 0 Å². The Labute approximate surface area is 139 Å². The molecule has 23 heavy (non-hydrogen) atoms. The van der Waals surface area contributed by atoms with Crippen molar-refractivity contribution in [1.82, 2.24) is 0 Å². The largest absolute Gasteiger partial charge is 0.300 e. The molecule has 2 nitrogen and oxygen atoms in total. The van der Waals surface area contributed by atoms with E-state index in [2.05, 4.69) is 19.8 Å². The third kappa shape index (κ3) is 1.95. The lowest BCUT2D eigenvalue weighted by Crippen LogP contribution is -2.56. The quantitative estimate of drug-likeness (QED) is 0.633. The summed E-state index contributed by atoms with van der Waals surface area (Å²) < 4.78 is 0. The zero-order chi connectivity index (χ0) is 16.4. The van der Waals surface area contributed by atoms with Gasteiger partial charge in [0.2, 0.25) is 0 Å². The van der Waals surface area contributed by atoms with Crippen molar-refractivity contribution in [2.24, 2.45) is 40.4 Å². The average Bonchev–Trinajstić information content (AvgIpc) is 2.83. The summed E-state index contributed by atoms with van der Waals surface area (Å²) in [5.74, 6) is 6.32. The summed E-state index contributed by atoms with van der Waals surface area (Å²) in [6, 6.07) is 0. The maximum atomic E-state index is 12.5. The van der Waals surface area contributed by atoms with Gasteiger partial charge in [-0.05, 0) is 61.2 Å². The summed E-state index contributed by atoms with van der Waals surface area (Å²) >= 11 is 0. The number of fused-ring (bicyclic) bond motifs is 5. The van der Waals surface area contributed by atoms with Crippen molar-refractivity contribution in [2.45, 2.75) is 65.2 Å². The Bertz CT molecular complexity index is 599. The van der Waals surface area contributed by atoms with Gasteiger partial charge < -0.3 is 0 Å². The summed E-state index contributed by atoms with van der Waals surface area (Å²) in [7, 11) is 0. The molecule has 0 aromatic rings. The molecule has 4 fully saturated rings. The second-order valence-corrected chi connectivity index (χ2v) is 9.16. The standard InChI is InChI=1S/C21H28O2/c1-4-13-11-15-16-5-6-19(23)21(16,3)10-8-17(15)20(2)9-7-14(22)12-18(13)20/h1,13,15-18H,5-12H2,2-3H3/t13?,15-,16-,17+,18?,20+,21-/m0/s1. The van der Waals surface area contributed by atoms with Gasteiger partial charge in [-0.3, -0.25) is 9.59 Å². The molecular weight excluding hydrogens is 284 g/mol. The minimum Gasteiger partial charge on any atom is -0.300 e. The van der Waals surface area contributed by atoms with Crippen molar-refractivity contribution >= 4 is 11.6 Å². The number of rotatable bonds is 0. The summed E-state index contributed by atoms with van der Waals surface area (Å²) in [5, 5.41) is 0. The third-order valence-electron chi connectivity index (χ3n) is 8.46. The lowest BCUT2D eigenvalue weighted by atomic mass is 9.43. The molecule has 4 aliphatic carbocycles. The molecule has 0 radical (unpaired) electrons. The van der Waals surface area contributed by atoms with Crippen molar-refractivity contribution < 1.29 is 9.59 Å². The van der Waals surface area contributed by atoms with E-state index in [0.29, 0.717) is 41.7 Å². The van der Waals surface area contributed by atoms with Crippen molar-refractivity contribution in [3.8, 4) is 12.3 Å². The predicted octanol–water partition coefficient (Wildman–Crippen LogP) is 4.03. The molecule has 4 rings (SSSR count). The molecule has 0 amide bonds. The van der Waals surface area contributed by atoms with E-state index in [1.54, 1.807) is 0 Å². The predicted molar refractivity (Wildman–Crippen MR) is 89.4 cm³/mol. The minimum atomic E-state index is -0.0893. The van der Waals surface area contributed by atoms with Crippen LogP contribution in [-0.2, 0) is 9.59 Å². The first-order chi connectivity index (χ1) is 10.9. The van der Waals surface area contributed by atoms with Crippen LogP contribution in [0.4, 0.5) is 0 Å². The van der Waals surface area contributed by atoms with Crippen molar-refractivity contribution in [2.75, 3.05) is 0 Å². The molecule has 124 valence electrons. The Morgan fingerprint density at radius 2 is 1.83 bits per heavy atom. The number of hydrogen-bond donors (Lipinski definition) is 0. The summed E-state index contributed by atoms with van der Waals surface area (Å²) in [5.41, 5.74) is 0.120. The van der Waals surface area contributed by atoms with Crippen molar-refractivity contribution in [3.05, 3.63) is 0 Å². The Hall–Kier alpha value is -1.10. The molecular formula is C21H28O2. The van der Waals surface area contributed by atoms with Crippen LogP contribution < -0.4 is 0 Å². The fourth-order valence-electron chi connectivity index (χ4n) is 7.08. The van der Waals surface area contributed by atoms with Crippen molar-refractivity contribution in [1.29, 1.82) is 0 Å². The highest BCUT2D eigenvalue weighted by Gasteiger charge is 2.61. The number of carbonyl (C=O) groups excluding carboxylic acids is 2. The fourth-order valence-corrected chi connectivity index (χ4v) is 7.08. The molecule has 0 aromatic heterocycles. The number of carbonyl (C=O) groups is 2. The van der Waals surface area contributed by atoms with E-state index < -0.39 is 0 Å². The molecule has 7 atom stereocenters. The van der Waals surface area contributed by atoms with E-state index in [9.17, 15) is 9.59 Å². The van der Waals surface area contributed by atoms with Gasteiger partial charge in [0.25, 0.3) is 0 Å². The van der Waals surface area contributed by atoms with E-state index in [1.165, 1.54) is 0 Å². The topological polar surface area (TPSA) is 34.1 Å². The lowest BCUT2D eigenvalue weighted by molar-refractivity contribution is -0.148. The van der Waals surface area contributed by atoms with Crippen LogP contribution in [0.5, 0.6) is 0 Å². The van der Waals surface area contributed by atoms with Crippen LogP contribution in [0.3, 0.4) is 0 Å². The van der Waals surface area contributed by atoms with Crippen LogP contribution in [0.25, 0.3) is 0 Å². The monoisotopic (exact) mass is 312 g/mol. The van der Waals surface area contributed by atoms with Crippen LogP contribution in [0, 0.1) is 52.8 Å². The fraction of sp³-hybridized carbons (Fsp3) is 0.810. The summed E-state index contributed by atoms with van der Waals surface area (Å²) in [6.45, 7) is 4.62. The van der Waals surface area contributed by atoms with E-state index in [-0.39, 0.29) is 16.7 Å². The zero-order valence-electron chi connectivity index (χ0n) is 14.4. The molecule has 0 aliphatic heterocycles. The van der Waals surface area contributed by atoms with Gasteiger partial charge in [-0.15, -0.1) is 12.3 Å². The number of terminal acetylenes is 1. The maximum absolute atomic E-state index is 12.5. The van der Waals surface area contributed by atoms with Gasteiger partial charge >= 0.3 is 0 Å². The summed E-state index contributed by atoms with van der Waals surface area (Å²) in [4.78, 5) is 24.5. The van der Waals surface area contributed by atoms with Gasteiger partial charge in [-0.1, -0.05) is 13.8 Å². The molecule has 0 heterocycles. The molecule has 2 unspecified atom stereocenters. The first kappa shape index (κ1) is 15.4. The summed E-state index contributed by atoms with van der Waals surface area (Å²) in [6.07, 6.45) is 13.4. The first-order valence-corrected chi connectivity index (χ1v) is 9.41. The highest BCUT2D eigenvalue weighted by atomic mass is 16.1. The van der Waals surface area contributed by atoms with Crippen LogP contribution in [0.15, 0.2) is 0 Å². The van der Waals surface area contributed by atoms with E-state index >= 15 is 0 Å². The van der Waals surface area contributed by atoms with Gasteiger partial charge in [-0.25, -0.2) is 0 Å². The van der Waals surface area contributed by atoms with Gasteiger partial charge in [0.1, 0.15) is 11.6 Å².